The second-order valence-electron chi connectivity index (χ2n) is 4.75. The summed E-state index contributed by atoms with van der Waals surface area (Å²) in [5.41, 5.74) is 6.92. The number of carbonyl (C=O) groups is 1. The number of likely N-dealkylation sites (tertiary alicyclic amines) is 1. The lowest BCUT2D eigenvalue weighted by Crippen LogP contribution is -2.46. The maximum atomic E-state index is 12.2. The summed E-state index contributed by atoms with van der Waals surface area (Å²) in [6.45, 7) is 0.521. The Labute approximate surface area is 125 Å². The van der Waals surface area contributed by atoms with Crippen LogP contribution < -0.4 is 5.73 Å². The molecule has 0 spiro atoms. The molecule has 0 bridgehead atoms. The first kappa shape index (κ1) is 17.1. The van der Waals surface area contributed by atoms with Crippen molar-refractivity contribution in [1.82, 2.24) is 4.90 Å². The molecule has 1 saturated heterocycles. The fraction of sp³-hybridized carbons (Fsp3) is 0.462. The van der Waals surface area contributed by atoms with Crippen molar-refractivity contribution in [3.63, 3.8) is 0 Å². The molecular formula is C13H19ClN2O3P+. The highest BCUT2D eigenvalue weighted by atomic mass is 35.5. The van der Waals surface area contributed by atoms with E-state index < -0.39 is 19.9 Å². The minimum absolute atomic E-state index is 0. The predicted octanol–water partition coefficient (Wildman–Crippen LogP) is 1.66. The summed E-state index contributed by atoms with van der Waals surface area (Å²) in [6.07, 6.45) is 1.79. The van der Waals surface area contributed by atoms with Crippen molar-refractivity contribution in [1.29, 1.82) is 0 Å². The molecule has 5 nitrogen and oxygen atoms in total. The quantitative estimate of drug-likeness (QED) is 0.827. The molecule has 2 rings (SSSR count). The van der Waals surface area contributed by atoms with Crippen LogP contribution in [-0.2, 0) is 15.8 Å². The van der Waals surface area contributed by atoms with Crippen LogP contribution in [0.15, 0.2) is 30.3 Å². The Morgan fingerprint density at radius 1 is 1.45 bits per heavy atom. The Kier molecular flexibility index (Phi) is 6.56. The van der Waals surface area contributed by atoms with E-state index in [2.05, 4.69) is 0 Å². The van der Waals surface area contributed by atoms with E-state index in [1.54, 1.807) is 0 Å². The third-order valence-corrected chi connectivity index (χ3v) is 4.42. The van der Waals surface area contributed by atoms with Crippen molar-refractivity contribution in [2.75, 3.05) is 6.54 Å². The number of halogens is 1. The van der Waals surface area contributed by atoms with Crippen LogP contribution in [0.2, 0.25) is 0 Å². The third-order valence-electron chi connectivity index (χ3n) is 3.37. The van der Waals surface area contributed by atoms with Gasteiger partial charge in [0.05, 0.1) is 6.04 Å². The molecule has 3 N–H and O–H groups in total. The molecule has 0 saturated carbocycles. The number of amides is 1. The molecule has 0 aliphatic carbocycles. The topological polar surface area (TPSA) is 83.6 Å². The summed E-state index contributed by atoms with van der Waals surface area (Å²) < 4.78 is 11.2. The summed E-state index contributed by atoms with van der Waals surface area (Å²) in [5, 5.41) is 0. The summed E-state index contributed by atoms with van der Waals surface area (Å²) in [7, 11) is -2.36. The van der Waals surface area contributed by atoms with Gasteiger partial charge in [-0.2, -0.15) is 4.89 Å². The zero-order valence-corrected chi connectivity index (χ0v) is 12.7. The van der Waals surface area contributed by atoms with Crippen LogP contribution in [0.4, 0.5) is 0 Å². The van der Waals surface area contributed by atoms with Crippen LogP contribution >= 0.6 is 20.4 Å². The molecule has 2 unspecified atom stereocenters. The lowest BCUT2D eigenvalue weighted by Gasteiger charge is -2.21. The van der Waals surface area contributed by atoms with Crippen LogP contribution in [0.5, 0.6) is 0 Å². The molecule has 1 aliphatic heterocycles. The summed E-state index contributed by atoms with van der Waals surface area (Å²) >= 11 is 0. The molecule has 0 radical (unpaired) electrons. The van der Waals surface area contributed by atoms with Gasteiger partial charge in [-0.25, -0.2) is 0 Å². The van der Waals surface area contributed by atoms with Crippen molar-refractivity contribution >= 4 is 26.3 Å². The van der Waals surface area contributed by atoms with Gasteiger partial charge in [0.15, 0.2) is 0 Å². The SMILES string of the molecule is Cl.N[C@H](Cc1ccccc1)C(=O)N1CCCC1[P+](=O)O. The molecule has 1 heterocycles. The van der Waals surface area contributed by atoms with E-state index in [4.69, 9.17) is 5.73 Å². The second-order valence-corrected chi connectivity index (χ2v) is 5.95. The molecule has 1 aromatic rings. The lowest BCUT2D eigenvalue weighted by molar-refractivity contribution is -0.132. The third kappa shape index (κ3) is 4.00. The smallest absolute Gasteiger partial charge is 0.320 e. The average molecular weight is 318 g/mol. The molecular weight excluding hydrogens is 299 g/mol. The Hall–Kier alpha value is -1.00. The zero-order chi connectivity index (χ0) is 13.8. The van der Waals surface area contributed by atoms with Crippen molar-refractivity contribution in [3.8, 4) is 0 Å². The standard InChI is InChI=1S/C13H17N2O3P.ClH/c14-11(9-10-5-2-1-3-6-10)13(16)15-8-4-7-12(15)19(17)18;/h1-3,5-6,11-12H,4,7-9,14H2;1H/p+1/t11-,12?;/m1./s1. The molecule has 7 heteroatoms. The molecule has 1 fully saturated rings. The van der Waals surface area contributed by atoms with Crippen LogP contribution in [0.1, 0.15) is 18.4 Å². The van der Waals surface area contributed by atoms with Crippen molar-refractivity contribution in [3.05, 3.63) is 35.9 Å². The fourth-order valence-corrected chi connectivity index (χ4v) is 3.28. The van der Waals surface area contributed by atoms with Gasteiger partial charge in [0.25, 0.3) is 5.78 Å². The van der Waals surface area contributed by atoms with Crippen LogP contribution in [0.25, 0.3) is 0 Å². The minimum Gasteiger partial charge on any atom is -0.320 e. The Bertz CT molecular complexity index is 472. The van der Waals surface area contributed by atoms with E-state index in [-0.39, 0.29) is 18.3 Å². The van der Waals surface area contributed by atoms with E-state index >= 15 is 0 Å². The van der Waals surface area contributed by atoms with Crippen LogP contribution in [-0.4, -0.2) is 34.1 Å². The fourth-order valence-electron chi connectivity index (χ4n) is 2.40. The Morgan fingerprint density at radius 2 is 2.10 bits per heavy atom. The van der Waals surface area contributed by atoms with E-state index in [1.165, 1.54) is 4.90 Å². The number of benzene rings is 1. The van der Waals surface area contributed by atoms with Gasteiger partial charge in [0.1, 0.15) is 0 Å². The maximum absolute atomic E-state index is 12.2. The number of nitrogens with two attached hydrogens (primary N) is 1. The van der Waals surface area contributed by atoms with E-state index in [1.807, 2.05) is 30.3 Å². The van der Waals surface area contributed by atoms with Crippen molar-refractivity contribution < 1.29 is 14.3 Å². The van der Waals surface area contributed by atoms with Crippen molar-refractivity contribution in [2.24, 2.45) is 5.73 Å². The second kappa shape index (κ2) is 7.70. The van der Waals surface area contributed by atoms with Gasteiger partial charge in [0.2, 0.25) is 5.91 Å². The lowest BCUT2D eigenvalue weighted by atomic mass is 10.1. The van der Waals surface area contributed by atoms with E-state index in [9.17, 15) is 14.3 Å². The number of carbonyl (C=O) groups excluding carboxylic acids is 1. The number of rotatable bonds is 4. The number of hydrogen-bond donors (Lipinski definition) is 2. The largest absolute Gasteiger partial charge is 0.530 e. The van der Waals surface area contributed by atoms with Gasteiger partial charge in [-0.15, -0.1) is 12.4 Å². The first-order chi connectivity index (χ1) is 9.09. The molecule has 110 valence electrons. The normalized spacial score (nSPS) is 20.2. The molecule has 0 aromatic heterocycles. The predicted molar refractivity (Wildman–Crippen MR) is 79.9 cm³/mol. The van der Waals surface area contributed by atoms with Crippen LogP contribution in [0, 0.1) is 0 Å². The highest BCUT2D eigenvalue weighted by molar-refractivity contribution is 7.38. The molecule has 1 aliphatic rings. The summed E-state index contributed by atoms with van der Waals surface area (Å²) in [4.78, 5) is 22.9. The van der Waals surface area contributed by atoms with E-state index in [0.29, 0.717) is 19.4 Å². The summed E-state index contributed by atoms with van der Waals surface area (Å²) in [6, 6.07) is 8.88. The Morgan fingerprint density at radius 3 is 2.70 bits per heavy atom. The average Bonchev–Trinajstić information content (AvgIpc) is 2.88. The van der Waals surface area contributed by atoms with Gasteiger partial charge in [-0.05, 0) is 23.0 Å². The zero-order valence-electron chi connectivity index (χ0n) is 11.0. The van der Waals surface area contributed by atoms with Crippen molar-refractivity contribution in [2.45, 2.75) is 31.1 Å². The number of hydrogen-bond acceptors (Lipinski definition) is 3. The molecule has 3 atom stereocenters. The first-order valence-electron chi connectivity index (χ1n) is 6.35. The molecule has 1 amide bonds. The monoisotopic (exact) mass is 317 g/mol. The number of nitrogens with zero attached hydrogens (tertiary/aromatic N) is 1. The van der Waals surface area contributed by atoms with E-state index in [0.717, 1.165) is 12.0 Å². The van der Waals surface area contributed by atoms with Gasteiger partial charge in [0, 0.05) is 13.0 Å². The highest BCUT2D eigenvalue weighted by Gasteiger charge is 2.43. The van der Waals surface area contributed by atoms with Gasteiger partial charge in [-0.3, -0.25) is 9.69 Å². The first-order valence-corrected chi connectivity index (χ1v) is 7.63. The van der Waals surface area contributed by atoms with Gasteiger partial charge < -0.3 is 5.73 Å². The molecule has 1 aromatic carbocycles. The Balaban J connectivity index is 0.00000200. The maximum Gasteiger partial charge on any atom is 0.530 e. The summed E-state index contributed by atoms with van der Waals surface area (Å²) in [5.74, 6) is -0.798. The molecule has 20 heavy (non-hydrogen) atoms. The van der Waals surface area contributed by atoms with Gasteiger partial charge in [-0.1, -0.05) is 30.3 Å². The minimum atomic E-state index is -2.36. The van der Waals surface area contributed by atoms with Crippen LogP contribution in [0.3, 0.4) is 0 Å². The van der Waals surface area contributed by atoms with Gasteiger partial charge >= 0.3 is 8.03 Å². The highest BCUT2D eigenvalue weighted by Crippen LogP contribution is 2.34.